The molecule has 0 radical (unpaired) electrons. The highest BCUT2D eigenvalue weighted by atomic mass is 32.1. The number of methoxy groups -OCH3 is 1. The fraction of sp³-hybridized carbons (Fsp3) is 0.625. The third-order valence-corrected chi connectivity index (χ3v) is 3.07. The number of fused-ring (bicyclic) bond motifs is 1. The van der Waals surface area contributed by atoms with Crippen LogP contribution in [0.3, 0.4) is 0 Å². The first kappa shape index (κ1) is 7.25. The summed E-state index contributed by atoms with van der Waals surface area (Å²) in [4.78, 5) is 5.71. The molecule has 1 aliphatic carbocycles. The van der Waals surface area contributed by atoms with Gasteiger partial charge in [0.05, 0.1) is 17.3 Å². The molecule has 0 saturated carbocycles. The van der Waals surface area contributed by atoms with E-state index in [4.69, 9.17) is 4.74 Å². The van der Waals surface area contributed by atoms with Gasteiger partial charge < -0.3 is 4.74 Å². The van der Waals surface area contributed by atoms with Crippen LogP contribution in [0.2, 0.25) is 0 Å². The van der Waals surface area contributed by atoms with Crippen molar-refractivity contribution in [2.24, 2.45) is 0 Å². The third kappa shape index (κ3) is 1.30. The standard InChI is InChI=1S/C8H11NOS/c1-10-6-2-3-7-8(4-6)11-5-9-7/h5-6H,2-4H2,1H3. The highest BCUT2D eigenvalue weighted by molar-refractivity contribution is 7.09. The summed E-state index contributed by atoms with van der Waals surface area (Å²) in [5, 5.41) is 0. The van der Waals surface area contributed by atoms with Gasteiger partial charge in [0.25, 0.3) is 0 Å². The number of aryl methyl sites for hydroxylation is 1. The molecule has 11 heavy (non-hydrogen) atoms. The van der Waals surface area contributed by atoms with Gasteiger partial charge in [0.2, 0.25) is 0 Å². The van der Waals surface area contributed by atoms with Crippen LogP contribution in [0.5, 0.6) is 0 Å². The van der Waals surface area contributed by atoms with Crippen LogP contribution < -0.4 is 0 Å². The molecule has 1 aromatic heterocycles. The summed E-state index contributed by atoms with van der Waals surface area (Å²) in [5.74, 6) is 0. The molecule has 0 bridgehead atoms. The van der Waals surface area contributed by atoms with Crippen LogP contribution in [0.4, 0.5) is 0 Å². The van der Waals surface area contributed by atoms with Gasteiger partial charge in [-0.1, -0.05) is 0 Å². The second-order valence-corrected chi connectivity index (χ2v) is 3.76. The van der Waals surface area contributed by atoms with Crippen molar-refractivity contribution < 1.29 is 4.74 Å². The van der Waals surface area contributed by atoms with Crippen molar-refractivity contribution in [2.45, 2.75) is 25.4 Å². The first-order valence-electron chi connectivity index (χ1n) is 3.84. The predicted octanol–water partition coefficient (Wildman–Crippen LogP) is 1.65. The van der Waals surface area contributed by atoms with Crippen LogP contribution in [0.15, 0.2) is 5.51 Å². The summed E-state index contributed by atoms with van der Waals surface area (Å²) in [5.41, 5.74) is 3.23. The predicted molar refractivity (Wildman–Crippen MR) is 44.9 cm³/mol. The summed E-state index contributed by atoms with van der Waals surface area (Å²) < 4.78 is 5.30. The first-order chi connectivity index (χ1) is 5.40. The summed E-state index contributed by atoms with van der Waals surface area (Å²) in [7, 11) is 1.79. The van der Waals surface area contributed by atoms with Gasteiger partial charge in [-0.3, -0.25) is 0 Å². The first-order valence-corrected chi connectivity index (χ1v) is 4.72. The number of rotatable bonds is 1. The highest BCUT2D eigenvalue weighted by Gasteiger charge is 2.19. The summed E-state index contributed by atoms with van der Waals surface area (Å²) >= 11 is 1.75. The van der Waals surface area contributed by atoms with E-state index < -0.39 is 0 Å². The Morgan fingerprint density at radius 2 is 2.64 bits per heavy atom. The lowest BCUT2D eigenvalue weighted by Gasteiger charge is -2.19. The van der Waals surface area contributed by atoms with Crippen molar-refractivity contribution in [1.82, 2.24) is 4.98 Å². The number of ether oxygens (including phenoxy) is 1. The van der Waals surface area contributed by atoms with Gasteiger partial charge in [0.15, 0.2) is 0 Å². The van der Waals surface area contributed by atoms with Crippen LogP contribution in [0.25, 0.3) is 0 Å². The minimum Gasteiger partial charge on any atom is -0.381 e. The van der Waals surface area contributed by atoms with Crippen LogP contribution in [0.1, 0.15) is 17.0 Å². The molecule has 1 atom stereocenters. The Morgan fingerprint density at radius 3 is 3.45 bits per heavy atom. The Labute approximate surface area is 70.2 Å². The second kappa shape index (κ2) is 2.91. The lowest BCUT2D eigenvalue weighted by atomic mass is 10.0. The van der Waals surface area contributed by atoms with Crippen molar-refractivity contribution in [3.8, 4) is 0 Å². The Morgan fingerprint density at radius 1 is 1.73 bits per heavy atom. The Bertz CT molecular complexity index is 246. The van der Waals surface area contributed by atoms with Gasteiger partial charge in [-0.15, -0.1) is 11.3 Å². The maximum atomic E-state index is 5.30. The molecule has 3 heteroatoms. The van der Waals surface area contributed by atoms with Crippen molar-refractivity contribution in [2.75, 3.05) is 7.11 Å². The molecule has 60 valence electrons. The van der Waals surface area contributed by atoms with Crippen LogP contribution in [0, 0.1) is 0 Å². The molecule has 0 fully saturated rings. The van der Waals surface area contributed by atoms with E-state index >= 15 is 0 Å². The number of thiazole rings is 1. The van der Waals surface area contributed by atoms with E-state index in [9.17, 15) is 0 Å². The maximum Gasteiger partial charge on any atom is 0.0797 e. The SMILES string of the molecule is COC1CCc2ncsc2C1. The monoisotopic (exact) mass is 169 g/mol. The van der Waals surface area contributed by atoms with Gasteiger partial charge in [-0.25, -0.2) is 4.98 Å². The molecule has 0 aromatic carbocycles. The Hall–Kier alpha value is -0.410. The van der Waals surface area contributed by atoms with Crippen molar-refractivity contribution >= 4 is 11.3 Å². The lowest BCUT2D eigenvalue weighted by Crippen LogP contribution is -2.19. The van der Waals surface area contributed by atoms with Crippen LogP contribution in [-0.4, -0.2) is 18.2 Å². The van der Waals surface area contributed by atoms with Crippen LogP contribution >= 0.6 is 11.3 Å². The van der Waals surface area contributed by atoms with E-state index in [-0.39, 0.29) is 0 Å². The van der Waals surface area contributed by atoms with Gasteiger partial charge in [-0.05, 0) is 12.8 Å². The molecule has 0 amide bonds. The molecule has 2 rings (SSSR count). The van der Waals surface area contributed by atoms with Crippen molar-refractivity contribution in [3.63, 3.8) is 0 Å². The average Bonchev–Trinajstić information content (AvgIpc) is 2.50. The number of nitrogens with zero attached hydrogens (tertiary/aromatic N) is 1. The number of aromatic nitrogens is 1. The molecule has 0 spiro atoms. The second-order valence-electron chi connectivity index (χ2n) is 2.82. The van der Waals surface area contributed by atoms with E-state index in [0.717, 1.165) is 19.3 Å². The van der Waals surface area contributed by atoms with E-state index in [2.05, 4.69) is 4.98 Å². The molecule has 0 N–H and O–H groups in total. The molecule has 1 aliphatic rings. The quantitative estimate of drug-likeness (QED) is 0.637. The van der Waals surface area contributed by atoms with E-state index in [1.54, 1.807) is 18.4 Å². The molecule has 0 saturated heterocycles. The smallest absolute Gasteiger partial charge is 0.0797 e. The van der Waals surface area contributed by atoms with Gasteiger partial charge >= 0.3 is 0 Å². The zero-order chi connectivity index (χ0) is 7.68. The van der Waals surface area contributed by atoms with Crippen molar-refractivity contribution in [1.29, 1.82) is 0 Å². The Balaban J connectivity index is 2.18. The average molecular weight is 169 g/mol. The molecule has 1 aromatic rings. The maximum absolute atomic E-state index is 5.30. The molecular weight excluding hydrogens is 158 g/mol. The van der Waals surface area contributed by atoms with Gasteiger partial charge in [-0.2, -0.15) is 0 Å². The summed E-state index contributed by atoms with van der Waals surface area (Å²) in [6.45, 7) is 0. The van der Waals surface area contributed by atoms with E-state index in [1.165, 1.54) is 10.6 Å². The third-order valence-electron chi connectivity index (χ3n) is 2.17. The lowest BCUT2D eigenvalue weighted by molar-refractivity contribution is 0.0916. The number of hydrogen-bond donors (Lipinski definition) is 0. The van der Waals surface area contributed by atoms with E-state index in [0.29, 0.717) is 6.10 Å². The molecule has 2 nitrogen and oxygen atoms in total. The highest BCUT2D eigenvalue weighted by Crippen LogP contribution is 2.24. The summed E-state index contributed by atoms with van der Waals surface area (Å²) in [6, 6.07) is 0. The fourth-order valence-electron chi connectivity index (χ4n) is 1.47. The molecule has 0 aliphatic heterocycles. The minimum atomic E-state index is 0.433. The largest absolute Gasteiger partial charge is 0.381 e. The Kier molecular flexibility index (Phi) is 1.92. The normalized spacial score (nSPS) is 23.2. The summed E-state index contributed by atoms with van der Waals surface area (Å²) in [6.07, 6.45) is 3.73. The van der Waals surface area contributed by atoms with Gasteiger partial charge in [0, 0.05) is 18.4 Å². The minimum absolute atomic E-state index is 0.433. The zero-order valence-electron chi connectivity index (χ0n) is 6.54. The fourth-order valence-corrected chi connectivity index (χ4v) is 2.35. The van der Waals surface area contributed by atoms with Gasteiger partial charge in [0.1, 0.15) is 0 Å². The van der Waals surface area contributed by atoms with E-state index in [1.807, 2.05) is 5.51 Å². The molecule has 1 unspecified atom stereocenters. The molecule has 1 heterocycles. The molecular formula is C8H11NOS. The van der Waals surface area contributed by atoms with Crippen LogP contribution in [-0.2, 0) is 17.6 Å². The zero-order valence-corrected chi connectivity index (χ0v) is 7.36. The van der Waals surface area contributed by atoms with Crippen molar-refractivity contribution in [3.05, 3.63) is 16.1 Å². The number of hydrogen-bond acceptors (Lipinski definition) is 3. The topological polar surface area (TPSA) is 22.1 Å².